The van der Waals surface area contributed by atoms with E-state index in [1.165, 1.54) is 0 Å². The Bertz CT molecular complexity index is 541. The molecule has 0 spiro atoms. The van der Waals surface area contributed by atoms with Gasteiger partial charge in [-0.15, -0.1) is 0 Å². The van der Waals surface area contributed by atoms with E-state index in [1.54, 1.807) is 30.4 Å². The van der Waals surface area contributed by atoms with E-state index in [0.29, 0.717) is 19.3 Å². The lowest BCUT2D eigenvalue weighted by Crippen LogP contribution is -2.05. The van der Waals surface area contributed by atoms with E-state index >= 15 is 0 Å². The first-order valence-corrected chi connectivity index (χ1v) is 9.26. The summed E-state index contributed by atoms with van der Waals surface area (Å²) in [4.78, 5) is 14.7. The molecule has 0 saturated heterocycles. The van der Waals surface area contributed by atoms with Gasteiger partial charge in [0, 0.05) is 6.42 Å². The Kier molecular flexibility index (Phi) is 17.1. The van der Waals surface area contributed by atoms with Crippen molar-refractivity contribution < 1.29 is 25.2 Å². The third-order valence-corrected chi connectivity index (χ3v) is 3.40. The molecular formula is C22H32O5. The molecule has 0 aliphatic carbocycles. The van der Waals surface area contributed by atoms with E-state index in [-0.39, 0.29) is 6.42 Å². The van der Waals surface area contributed by atoms with Crippen LogP contribution in [0.5, 0.6) is 0 Å². The zero-order valence-corrected chi connectivity index (χ0v) is 16.0. The van der Waals surface area contributed by atoms with E-state index in [1.807, 2.05) is 42.5 Å². The molecule has 5 heteroatoms. The monoisotopic (exact) mass is 376 g/mol. The van der Waals surface area contributed by atoms with Crippen molar-refractivity contribution in [1.82, 2.24) is 0 Å². The minimum absolute atomic E-state index is 0.0945. The lowest BCUT2D eigenvalue weighted by atomic mass is 10.2. The zero-order valence-electron chi connectivity index (χ0n) is 16.0. The molecule has 0 aliphatic rings. The van der Waals surface area contributed by atoms with E-state index < -0.39 is 18.2 Å². The first kappa shape index (κ1) is 24.8. The van der Waals surface area contributed by atoms with Crippen molar-refractivity contribution >= 4 is 5.97 Å². The van der Waals surface area contributed by atoms with Crippen molar-refractivity contribution in [2.24, 2.45) is 0 Å². The van der Waals surface area contributed by atoms with Crippen LogP contribution < -0.4 is 0 Å². The summed E-state index contributed by atoms with van der Waals surface area (Å²) in [5.41, 5.74) is 0. The highest BCUT2D eigenvalue weighted by Crippen LogP contribution is 2.03. The van der Waals surface area contributed by atoms with Crippen LogP contribution in [0.4, 0.5) is 0 Å². The van der Waals surface area contributed by atoms with Crippen LogP contribution in [-0.4, -0.2) is 33.6 Å². The number of allylic oxidation sites excluding steroid dienone is 8. The van der Waals surface area contributed by atoms with Gasteiger partial charge in [0.25, 0.3) is 0 Å². The molecule has 0 rings (SSSR count). The maximum Gasteiger partial charge on any atom is 0.303 e. The summed E-state index contributed by atoms with van der Waals surface area (Å²) in [6.07, 6.45) is 24.8. The van der Waals surface area contributed by atoms with E-state index in [4.69, 9.17) is 10.4 Å². The van der Waals surface area contributed by atoms with Crippen LogP contribution in [0.3, 0.4) is 0 Å². The number of hydrogen-bond donors (Lipinski definition) is 3. The van der Waals surface area contributed by atoms with E-state index in [0.717, 1.165) is 12.8 Å². The maximum absolute atomic E-state index is 10.4. The Balaban J connectivity index is 4.00. The molecular weight excluding hydrogens is 344 g/mol. The quantitative estimate of drug-likeness (QED) is 0.162. The van der Waals surface area contributed by atoms with Crippen LogP contribution in [0, 0.1) is 0 Å². The van der Waals surface area contributed by atoms with Crippen molar-refractivity contribution in [2.45, 2.75) is 57.7 Å². The predicted octanol–water partition coefficient (Wildman–Crippen LogP) is 4.99. The Morgan fingerprint density at radius 3 is 2.22 bits per heavy atom. The fourth-order valence-corrected chi connectivity index (χ4v) is 1.97. The van der Waals surface area contributed by atoms with Crippen LogP contribution in [0.15, 0.2) is 72.9 Å². The molecule has 0 unspecified atom stereocenters. The van der Waals surface area contributed by atoms with Gasteiger partial charge in [0.05, 0.1) is 6.10 Å². The fraction of sp³-hybridized carbons (Fsp3) is 0.409. The average molecular weight is 376 g/mol. The SMILES string of the molecule is CC/C=C\C[C@H](O)/C=C/C=C\C/C=C\C=C\[C@H](C/C=C\CCC(=O)O)OO. The Morgan fingerprint density at radius 1 is 0.926 bits per heavy atom. The molecule has 150 valence electrons. The molecule has 0 aromatic heterocycles. The van der Waals surface area contributed by atoms with Gasteiger partial charge in [-0.1, -0.05) is 79.8 Å². The lowest BCUT2D eigenvalue weighted by molar-refractivity contribution is -0.264. The first-order chi connectivity index (χ1) is 13.1. The fourth-order valence-electron chi connectivity index (χ4n) is 1.97. The molecule has 0 aromatic rings. The highest BCUT2D eigenvalue weighted by molar-refractivity contribution is 5.66. The van der Waals surface area contributed by atoms with Crippen LogP contribution in [0.1, 0.15) is 45.4 Å². The average Bonchev–Trinajstić information content (AvgIpc) is 2.64. The molecule has 3 N–H and O–H groups in total. The normalized spacial score (nSPS) is 15.4. The van der Waals surface area contributed by atoms with Gasteiger partial charge in [-0.05, 0) is 32.1 Å². The van der Waals surface area contributed by atoms with Crippen LogP contribution >= 0.6 is 0 Å². The summed E-state index contributed by atoms with van der Waals surface area (Å²) >= 11 is 0. The van der Waals surface area contributed by atoms with Crippen LogP contribution in [0.25, 0.3) is 0 Å². The minimum atomic E-state index is -0.829. The number of aliphatic hydroxyl groups is 1. The van der Waals surface area contributed by atoms with Crippen molar-refractivity contribution in [1.29, 1.82) is 0 Å². The molecule has 0 aliphatic heterocycles. The van der Waals surface area contributed by atoms with Gasteiger partial charge in [0.1, 0.15) is 6.10 Å². The Hall–Kier alpha value is -2.21. The molecule has 0 bridgehead atoms. The van der Waals surface area contributed by atoms with Crippen molar-refractivity contribution in [2.75, 3.05) is 0 Å². The lowest BCUT2D eigenvalue weighted by Gasteiger charge is -2.04. The number of aliphatic carboxylic acids is 1. The third kappa shape index (κ3) is 18.4. The highest BCUT2D eigenvalue weighted by Gasteiger charge is 2.00. The zero-order chi connectivity index (χ0) is 20.2. The maximum atomic E-state index is 10.4. The highest BCUT2D eigenvalue weighted by atomic mass is 17.1. The Labute approximate surface area is 162 Å². The van der Waals surface area contributed by atoms with Gasteiger partial charge in [0.15, 0.2) is 0 Å². The van der Waals surface area contributed by atoms with Crippen molar-refractivity contribution in [3.05, 3.63) is 72.9 Å². The van der Waals surface area contributed by atoms with Gasteiger partial charge < -0.3 is 10.2 Å². The summed E-state index contributed by atoms with van der Waals surface area (Å²) in [6, 6.07) is 0. The molecule has 5 nitrogen and oxygen atoms in total. The summed E-state index contributed by atoms with van der Waals surface area (Å²) < 4.78 is 0. The van der Waals surface area contributed by atoms with Gasteiger partial charge in [0.2, 0.25) is 0 Å². The second kappa shape index (κ2) is 18.6. The summed E-state index contributed by atoms with van der Waals surface area (Å²) in [5, 5.41) is 27.0. The number of aliphatic hydroxyl groups excluding tert-OH is 1. The van der Waals surface area contributed by atoms with Gasteiger partial charge in [-0.2, -0.15) is 0 Å². The number of carboxylic acids is 1. The Morgan fingerprint density at radius 2 is 1.59 bits per heavy atom. The van der Waals surface area contributed by atoms with E-state index in [9.17, 15) is 9.90 Å². The number of rotatable bonds is 15. The van der Waals surface area contributed by atoms with Crippen LogP contribution in [0.2, 0.25) is 0 Å². The standard InChI is InChI=1S/C22H32O5/c1-2-3-10-15-20(23)16-11-7-5-4-6-8-12-17-21(27-26)18-13-9-14-19-22(24)25/h3,5-13,16-17,20-21,23,26H,2,4,14-15,18-19H2,1H3,(H,24,25)/b7-5-,8-6-,10-3-,13-9-,16-11+,17-12+/t20-,21+/m0/s1. The topological polar surface area (TPSA) is 87.0 Å². The largest absolute Gasteiger partial charge is 0.481 e. The molecule has 0 saturated carbocycles. The number of carboxylic acid groups (broad SMARTS) is 1. The molecule has 27 heavy (non-hydrogen) atoms. The number of carbonyl (C=O) groups is 1. The third-order valence-electron chi connectivity index (χ3n) is 3.40. The van der Waals surface area contributed by atoms with E-state index in [2.05, 4.69) is 11.8 Å². The molecule has 0 aromatic carbocycles. The van der Waals surface area contributed by atoms with Crippen molar-refractivity contribution in [3.63, 3.8) is 0 Å². The second-order valence-electron chi connectivity index (χ2n) is 5.83. The molecule has 0 fully saturated rings. The first-order valence-electron chi connectivity index (χ1n) is 9.26. The van der Waals surface area contributed by atoms with Gasteiger partial charge in [-0.25, -0.2) is 4.89 Å². The smallest absolute Gasteiger partial charge is 0.303 e. The molecule has 0 radical (unpaired) electrons. The summed E-state index contributed by atoms with van der Waals surface area (Å²) in [5.74, 6) is -0.829. The van der Waals surface area contributed by atoms with Crippen molar-refractivity contribution in [3.8, 4) is 0 Å². The summed E-state index contributed by atoms with van der Waals surface area (Å²) in [6.45, 7) is 2.06. The molecule has 2 atom stereocenters. The summed E-state index contributed by atoms with van der Waals surface area (Å²) in [7, 11) is 0. The number of hydrogen-bond acceptors (Lipinski definition) is 4. The minimum Gasteiger partial charge on any atom is -0.481 e. The molecule has 0 amide bonds. The van der Waals surface area contributed by atoms with Gasteiger partial charge in [-0.3, -0.25) is 10.1 Å². The second-order valence-corrected chi connectivity index (χ2v) is 5.83. The predicted molar refractivity (Wildman–Crippen MR) is 109 cm³/mol. The van der Waals surface area contributed by atoms with Crippen LogP contribution in [-0.2, 0) is 9.68 Å². The molecule has 0 heterocycles. The van der Waals surface area contributed by atoms with Gasteiger partial charge >= 0.3 is 5.97 Å².